The molecular weight excluding hydrogens is 266 g/mol. The van der Waals surface area contributed by atoms with Crippen molar-refractivity contribution in [3.05, 3.63) is 39.6 Å². The van der Waals surface area contributed by atoms with Gasteiger partial charge in [0.2, 0.25) is 0 Å². The highest BCUT2D eigenvalue weighted by atomic mass is 32.2. The van der Waals surface area contributed by atoms with Crippen LogP contribution < -0.4 is 0 Å². The monoisotopic (exact) mass is 281 g/mol. The summed E-state index contributed by atoms with van der Waals surface area (Å²) in [4.78, 5) is 22.0. The number of nitrogens with zero attached hydrogens (tertiary/aromatic N) is 3. The van der Waals surface area contributed by atoms with Crippen molar-refractivity contribution in [3.63, 3.8) is 0 Å². The predicted octanol–water partition coefficient (Wildman–Crippen LogP) is 1.99. The second-order valence-electron chi connectivity index (χ2n) is 4.73. The van der Waals surface area contributed by atoms with Crippen molar-refractivity contribution in [2.75, 3.05) is 19.6 Å². The Labute approximate surface area is 113 Å². The first-order valence-electron chi connectivity index (χ1n) is 5.98. The Kier molecular flexibility index (Phi) is 4.16. The molecule has 19 heavy (non-hydrogen) atoms. The van der Waals surface area contributed by atoms with E-state index in [2.05, 4.69) is 10.4 Å². The van der Waals surface area contributed by atoms with E-state index in [0.717, 1.165) is 10.5 Å². The molecule has 1 heterocycles. The quantitative estimate of drug-likeness (QED) is 0.774. The van der Waals surface area contributed by atoms with E-state index in [4.69, 9.17) is 0 Å². The number of hydrogen-bond donors (Lipinski definition) is 0. The standard InChI is InChI=1S/C12H15N3O3S/c1-10-4-2-3-5-11(10)19(18)15-7-6-12(9-15,14-17)8-13-16/h2-5H,6-9H2,1H3. The fraction of sp³-hybridized carbons (Fsp3) is 0.500. The van der Waals surface area contributed by atoms with Gasteiger partial charge in [-0.3, -0.25) is 0 Å². The highest BCUT2D eigenvalue weighted by Gasteiger charge is 2.42. The van der Waals surface area contributed by atoms with Gasteiger partial charge in [0.1, 0.15) is 23.1 Å². The van der Waals surface area contributed by atoms with Gasteiger partial charge in [-0.15, -0.1) is 0 Å². The molecule has 1 saturated heterocycles. The summed E-state index contributed by atoms with van der Waals surface area (Å²) in [6.07, 6.45) is 0.417. The molecule has 7 heteroatoms. The molecule has 0 amide bonds. The van der Waals surface area contributed by atoms with Crippen LogP contribution in [0.15, 0.2) is 39.5 Å². The summed E-state index contributed by atoms with van der Waals surface area (Å²) in [6.45, 7) is 2.42. The van der Waals surface area contributed by atoms with Crippen molar-refractivity contribution >= 4 is 11.0 Å². The van der Waals surface area contributed by atoms with E-state index >= 15 is 0 Å². The van der Waals surface area contributed by atoms with Crippen molar-refractivity contribution in [1.82, 2.24) is 4.31 Å². The van der Waals surface area contributed by atoms with Gasteiger partial charge in [-0.25, -0.2) is 8.51 Å². The topological polar surface area (TPSA) is 79.2 Å². The Morgan fingerprint density at radius 1 is 1.37 bits per heavy atom. The summed E-state index contributed by atoms with van der Waals surface area (Å²) < 4.78 is 14.1. The third-order valence-corrected chi connectivity index (χ3v) is 4.98. The van der Waals surface area contributed by atoms with Crippen LogP contribution in [0.4, 0.5) is 0 Å². The molecular formula is C12H15N3O3S. The van der Waals surface area contributed by atoms with E-state index in [9.17, 15) is 14.0 Å². The molecule has 6 nitrogen and oxygen atoms in total. The normalized spacial score (nSPS) is 25.1. The van der Waals surface area contributed by atoms with E-state index in [1.165, 1.54) is 0 Å². The summed E-state index contributed by atoms with van der Waals surface area (Å²) in [5.74, 6) is 0. The molecule has 1 aromatic rings. The minimum atomic E-state index is -1.33. The van der Waals surface area contributed by atoms with Gasteiger partial charge in [-0.05, 0) is 25.0 Å². The van der Waals surface area contributed by atoms with Crippen LogP contribution in [0.1, 0.15) is 12.0 Å². The molecule has 0 N–H and O–H groups in total. The van der Waals surface area contributed by atoms with Crippen LogP contribution in [0, 0.1) is 16.7 Å². The van der Waals surface area contributed by atoms with Gasteiger partial charge in [0.25, 0.3) is 0 Å². The molecule has 0 saturated carbocycles. The first-order chi connectivity index (χ1) is 9.12. The van der Waals surface area contributed by atoms with E-state index in [0.29, 0.717) is 13.0 Å². The first kappa shape index (κ1) is 14.0. The molecule has 0 radical (unpaired) electrons. The Morgan fingerprint density at radius 2 is 2.11 bits per heavy atom. The first-order valence-corrected chi connectivity index (χ1v) is 7.09. The van der Waals surface area contributed by atoms with Crippen LogP contribution in [-0.4, -0.2) is 33.7 Å². The van der Waals surface area contributed by atoms with Crippen LogP contribution >= 0.6 is 0 Å². The Hall–Kier alpha value is -1.47. The van der Waals surface area contributed by atoms with Gasteiger partial charge >= 0.3 is 0 Å². The molecule has 2 rings (SSSR count). The predicted molar refractivity (Wildman–Crippen MR) is 73.0 cm³/mol. The molecule has 0 spiro atoms. The van der Waals surface area contributed by atoms with Gasteiger partial charge in [-0.2, -0.15) is 9.81 Å². The SMILES string of the molecule is Cc1ccccc1S(=O)N1CCC(CN=O)(N=O)C1. The minimum Gasteiger partial charge on any atom is -0.237 e. The third kappa shape index (κ3) is 2.76. The maximum absolute atomic E-state index is 12.5. The van der Waals surface area contributed by atoms with Crippen molar-refractivity contribution in [2.24, 2.45) is 10.4 Å². The van der Waals surface area contributed by atoms with Crippen LogP contribution in [0.2, 0.25) is 0 Å². The highest BCUT2D eigenvalue weighted by Crippen LogP contribution is 2.29. The van der Waals surface area contributed by atoms with Crippen molar-refractivity contribution in [3.8, 4) is 0 Å². The smallest absolute Gasteiger partial charge is 0.140 e. The summed E-state index contributed by atoms with van der Waals surface area (Å²) in [7, 11) is -1.33. The number of benzene rings is 1. The maximum atomic E-state index is 12.5. The van der Waals surface area contributed by atoms with E-state index < -0.39 is 16.5 Å². The molecule has 0 bridgehead atoms. The van der Waals surface area contributed by atoms with Crippen LogP contribution in [0.5, 0.6) is 0 Å². The van der Waals surface area contributed by atoms with Crippen molar-refractivity contribution in [2.45, 2.75) is 23.8 Å². The molecule has 0 aliphatic carbocycles. The average Bonchev–Trinajstić information content (AvgIpc) is 2.84. The Bertz CT molecular complexity index is 523. The van der Waals surface area contributed by atoms with Crippen molar-refractivity contribution in [1.29, 1.82) is 0 Å². The minimum absolute atomic E-state index is 0.155. The fourth-order valence-electron chi connectivity index (χ4n) is 2.20. The zero-order valence-electron chi connectivity index (χ0n) is 10.6. The Morgan fingerprint density at radius 3 is 2.74 bits per heavy atom. The van der Waals surface area contributed by atoms with Gasteiger partial charge < -0.3 is 0 Å². The van der Waals surface area contributed by atoms with Gasteiger partial charge in [0, 0.05) is 13.1 Å². The fourth-order valence-corrected chi connectivity index (χ4v) is 3.64. The number of nitroso groups, excluding NO2 is 2. The summed E-state index contributed by atoms with van der Waals surface area (Å²) in [5.41, 5.74) is -0.0778. The molecule has 2 unspecified atom stereocenters. The third-order valence-electron chi connectivity index (χ3n) is 3.37. The zero-order chi connectivity index (χ0) is 13.9. The average molecular weight is 281 g/mol. The summed E-state index contributed by atoms with van der Waals surface area (Å²) in [5, 5.41) is 5.81. The molecule has 1 aliphatic heterocycles. The number of rotatable bonds is 5. The largest absolute Gasteiger partial charge is 0.237 e. The van der Waals surface area contributed by atoms with Crippen LogP contribution in [0.25, 0.3) is 0 Å². The maximum Gasteiger partial charge on any atom is 0.140 e. The molecule has 2 atom stereocenters. The summed E-state index contributed by atoms with van der Waals surface area (Å²) >= 11 is 0. The van der Waals surface area contributed by atoms with Gasteiger partial charge in [0.05, 0.1) is 4.90 Å². The lowest BCUT2D eigenvalue weighted by Gasteiger charge is -2.18. The van der Waals surface area contributed by atoms with E-state index in [1.54, 1.807) is 10.4 Å². The van der Waals surface area contributed by atoms with Gasteiger partial charge in [0.15, 0.2) is 0 Å². The number of hydrogen-bond acceptors (Lipinski definition) is 5. The second-order valence-corrected chi connectivity index (χ2v) is 6.19. The van der Waals surface area contributed by atoms with E-state index in [-0.39, 0.29) is 13.1 Å². The molecule has 102 valence electrons. The van der Waals surface area contributed by atoms with Gasteiger partial charge in [-0.1, -0.05) is 28.6 Å². The zero-order valence-corrected chi connectivity index (χ0v) is 11.4. The molecule has 1 aromatic carbocycles. The molecule has 1 fully saturated rings. The van der Waals surface area contributed by atoms with Crippen molar-refractivity contribution < 1.29 is 4.21 Å². The molecule has 1 aliphatic rings. The highest BCUT2D eigenvalue weighted by molar-refractivity contribution is 7.82. The van der Waals surface area contributed by atoms with Crippen LogP contribution in [-0.2, 0) is 11.0 Å². The lowest BCUT2D eigenvalue weighted by molar-refractivity contribution is 0.440. The molecule has 0 aromatic heterocycles. The van der Waals surface area contributed by atoms with E-state index in [1.807, 2.05) is 25.1 Å². The van der Waals surface area contributed by atoms with Crippen LogP contribution in [0.3, 0.4) is 0 Å². The lowest BCUT2D eigenvalue weighted by atomic mass is 10.0. The second kappa shape index (κ2) is 5.66. The summed E-state index contributed by atoms with van der Waals surface area (Å²) in [6, 6.07) is 7.40. The lowest BCUT2D eigenvalue weighted by Crippen LogP contribution is -2.34. The number of aryl methyl sites for hydroxylation is 1. The Balaban J connectivity index is 2.17.